The van der Waals surface area contributed by atoms with Gasteiger partial charge in [0.25, 0.3) is 11.8 Å². The third kappa shape index (κ3) is 6.39. The normalized spacial score (nSPS) is 12.2. The van der Waals surface area contributed by atoms with Gasteiger partial charge in [0.2, 0.25) is 0 Å². The van der Waals surface area contributed by atoms with Gasteiger partial charge in [0.1, 0.15) is 11.5 Å². The van der Waals surface area contributed by atoms with E-state index in [-0.39, 0.29) is 23.3 Å². The zero-order valence-electron chi connectivity index (χ0n) is 14.2. The van der Waals surface area contributed by atoms with Gasteiger partial charge in [0.15, 0.2) is 0 Å². The second-order valence-corrected chi connectivity index (χ2v) is 5.16. The van der Waals surface area contributed by atoms with Gasteiger partial charge in [0, 0.05) is 17.8 Å². The fourth-order valence-corrected chi connectivity index (χ4v) is 1.73. The summed E-state index contributed by atoms with van der Waals surface area (Å²) in [4.78, 5) is 23.5. The first-order chi connectivity index (χ1) is 11.9. The third-order valence-electron chi connectivity index (χ3n) is 2.81. The predicted octanol–water partition coefficient (Wildman–Crippen LogP) is 3.21. The Labute approximate surface area is 146 Å². The first kappa shape index (κ1) is 19.8. The molecule has 0 saturated heterocycles. The molecule has 1 aliphatic rings. The highest BCUT2D eigenvalue weighted by molar-refractivity contribution is 6.28. The molecule has 6 heteroatoms. The van der Waals surface area contributed by atoms with E-state index >= 15 is 0 Å². The number of nitrogens with zero attached hydrogens (tertiary/aromatic N) is 1. The Bertz CT molecular complexity index is 683. The average molecular weight is 342 g/mol. The quantitative estimate of drug-likeness (QED) is 0.419. The van der Waals surface area contributed by atoms with Crippen molar-refractivity contribution in [3.05, 3.63) is 60.7 Å². The highest BCUT2D eigenvalue weighted by Gasteiger charge is 2.24. The Hall–Kier alpha value is -3.28. The van der Waals surface area contributed by atoms with E-state index in [1.807, 2.05) is 0 Å². The van der Waals surface area contributed by atoms with Crippen LogP contribution in [0.3, 0.4) is 0 Å². The van der Waals surface area contributed by atoms with E-state index in [2.05, 4.69) is 13.8 Å². The second-order valence-electron chi connectivity index (χ2n) is 5.16. The minimum Gasteiger partial charge on any atom is -0.508 e. The molecule has 0 fully saturated rings. The molecule has 0 spiro atoms. The van der Waals surface area contributed by atoms with E-state index in [0.717, 1.165) is 4.90 Å². The van der Waals surface area contributed by atoms with Gasteiger partial charge in [-0.25, -0.2) is 4.90 Å². The maximum Gasteiger partial charge on any atom is 0.258 e. The van der Waals surface area contributed by atoms with E-state index < -0.39 is 0 Å². The van der Waals surface area contributed by atoms with E-state index in [1.54, 1.807) is 24.3 Å². The Morgan fingerprint density at radius 1 is 0.800 bits per heavy atom. The highest BCUT2D eigenvalue weighted by Crippen LogP contribution is 2.21. The van der Waals surface area contributed by atoms with E-state index in [9.17, 15) is 9.59 Å². The molecule has 0 aliphatic carbocycles. The fraction of sp³-hybridized carbons (Fsp3) is 0.158. The summed E-state index contributed by atoms with van der Waals surface area (Å²) >= 11 is 0. The molecule has 2 aromatic rings. The number of phenols is 2. The number of carbonyl (C=O) groups is 2. The first-order valence-electron chi connectivity index (χ1n) is 7.78. The summed E-state index contributed by atoms with van der Waals surface area (Å²) in [6.45, 7) is 4.25. The van der Waals surface area contributed by atoms with Gasteiger partial charge in [-0.05, 0) is 48.5 Å². The Morgan fingerprint density at radius 3 is 1.52 bits per heavy atom. The van der Waals surface area contributed by atoms with E-state index in [1.165, 1.54) is 42.8 Å². The number of imide groups is 1. The van der Waals surface area contributed by atoms with Crippen LogP contribution < -0.4 is 10.6 Å². The summed E-state index contributed by atoms with van der Waals surface area (Å²) in [5.41, 5.74) is 6.45. The average Bonchev–Trinajstić information content (AvgIpc) is 2.92. The van der Waals surface area contributed by atoms with Crippen LogP contribution in [0.2, 0.25) is 0 Å². The van der Waals surface area contributed by atoms with Gasteiger partial charge in [-0.3, -0.25) is 9.59 Å². The number of anilines is 2. The lowest BCUT2D eigenvalue weighted by molar-refractivity contribution is -0.119. The number of carbonyl (C=O) groups excluding carboxylic acids is 2. The predicted molar refractivity (Wildman–Crippen MR) is 98.2 cm³/mol. The van der Waals surface area contributed by atoms with Crippen molar-refractivity contribution in [3.8, 4) is 11.5 Å². The molecule has 25 heavy (non-hydrogen) atoms. The molecular weight excluding hydrogens is 320 g/mol. The van der Waals surface area contributed by atoms with Crippen LogP contribution in [0.4, 0.5) is 11.4 Å². The monoisotopic (exact) mass is 342 g/mol. The van der Waals surface area contributed by atoms with Crippen molar-refractivity contribution in [2.24, 2.45) is 0 Å². The molecule has 4 N–H and O–H groups in total. The number of rotatable bonds is 1. The molecule has 1 aliphatic heterocycles. The number of nitrogen functional groups attached to an aromatic ring is 1. The van der Waals surface area contributed by atoms with Crippen molar-refractivity contribution in [1.82, 2.24) is 0 Å². The number of hydrogen-bond acceptors (Lipinski definition) is 5. The molecule has 0 unspecified atom stereocenters. The SMILES string of the molecule is CCC.Nc1ccc(O)cc1.O=C1C=CC(=O)N1c1ccc(O)cc1. The molecule has 0 radical (unpaired) electrons. The van der Waals surface area contributed by atoms with Gasteiger partial charge >= 0.3 is 0 Å². The number of aromatic hydroxyl groups is 2. The molecule has 0 aromatic heterocycles. The topological polar surface area (TPSA) is 104 Å². The summed E-state index contributed by atoms with van der Waals surface area (Å²) in [5, 5.41) is 17.7. The lowest BCUT2D eigenvalue weighted by Crippen LogP contribution is -2.29. The zero-order valence-corrected chi connectivity index (χ0v) is 14.2. The smallest absolute Gasteiger partial charge is 0.258 e. The molecule has 0 bridgehead atoms. The molecule has 6 nitrogen and oxygen atoms in total. The van der Waals surface area contributed by atoms with Gasteiger partial charge in [-0.2, -0.15) is 0 Å². The number of phenolic OH excluding ortho intramolecular Hbond substituents is 2. The second kappa shape index (κ2) is 9.77. The van der Waals surface area contributed by atoms with Gasteiger partial charge in [-0.15, -0.1) is 0 Å². The number of benzene rings is 2. The van der Waals surface area contributed by atoms with Crippen LogP contribution in [-0.4, -0.2) is 22.0 Å². The largest absolute Gasteiger partial charge is 0.508 e. The first-order valence-corrected chi connectivity index (χ1v) is 7.78. The highest BCUT2D eigenvalue weighted by atomic mass is 16.3. The maximum atomic E-state index is 11.2. The van der Waals surface area contributed by atoms with E-state index in [4.69, 9.17) is 15.9 Å². The lowest BCUT2D eigenvalue weighted by Gasteiger charge is -2.13. The lowest BCUT2D eigenvalue weighted by atomic mass is 10.3. The summed E-state index contributed by atoms with van der Waals surface area (Å²) in [6.07, 6.45) is 3.68. The van der Waals surface area contributed by atoms with Crippen LogP contribution in [0.15, 0.2) is 60.7 Å². The molecular formula is C19H22N2O4. The Morgan fingerprint density at radius 2 is 1.16 bits per heavy atom. The number of amides is 2. The van der Waals surface area contributed by atoms with E-state index in [0.29, 0.717) is 11.4 Å². The minimum atomic E-state index is -0.360. The standard InChI is InChI=1S/C10H7NO3.C6H7NO.C3H8/c12-8-3-1-7(2-4-8)11-9(13)5-6-10(11)14;7-5-1-3-6(8)4-2-5;1-3-2/h1-6,12H;1-4,8H,7H2;3H2,1-2H3. The van der Waals surface area contributed by atoms with Gasteiger partial charge in [-0.1, -0.05) is 20.3 Å². The zero-order chi connectivity index (χ0) is 18.8. The van der Waals surface area contributed by atoms with Crippen LogP contribution in [0.1, 0.15) is 20.3 Å². The molecule has 1 heterocycles. The van der Waals surface area contributed by atoms with Crippen LogP contribution in [0.5, 0.6) is 11.5 Å². The third-order valence-corrected chi connectivity index (χ3v) is 2.81. The Balaban J connectivity index is 0.000000241. The summed E-state index contributed by atoms with van der Waals surface area (Å²) < 4.78 is 0. The minimum absolute atomic E-state index is 0.0980. The molecule has 0 atom stereocenters. The van der Waals surface area contributed by atoms with Gasteiger partial charge < -0.3 is 15.9 Å². The molecule has 3 rings (SSSR count). The van der Waals surface area contributed by atoms with Crippen molar-refractivity contribution in [2.45, 2.75) is 20.3 Å². The maximum absolute atomic E-state index is 11.2. The fourth-order valence-electron chi connectivity index (χ4n) is 1.73. The van der Waals surface area contributed by atoms with Crippen molar-refractivity contribution in [1.29, 1.82) is 0 Å². The van der Waals surface area contributed by atoms with Crippen LogP contribution >= 0.6 is 0 Å². The van der Waals surface area contributed by atoms with Crippen LogP contribution in [-0.2, 0) is 9.59 Å². The van der Waals surface area contributed by atoms with Crippen molar-refractivity contribution < 1.29 is 19.8 Å². The van der Waals surface area contributed by atoms with Crippen LogP contribution in [0.25, 0.3) is 0 Å². The molecule has 0 saturated carbocycles. The van der Waals surface area contributed by atoms with Crippen molar-refractivity contribution >= 4 is 23.2 Å². The van der Waals surface area contributed by atoms with Gasteiger partial charge in [0.05, 0.1) is 5.69 Å². The Kier molecular flexibility index (Phi) is 7.72. The van der Waals surface area contributed by atoms with Crippen LogP contribution in [0, 0.1) is 0 Å². The summed E-state index contributed by atoms with van der Waals surface area (Å²) in [7, 11) is 0. The molecule has 2 aromatic carbocycles. The number of nitrogens with two attached hydrogens (primary N) is 1. The van der Waals surface area contributed by atoms with Crippen molar-refractivity contribution in [3.63, 3.8) is 0 Å². The van der Waals surface area contributed by atoms with Crippen molar-refractivity contribution in [2.75, 3.05) is 10.6 Å². The summed E-state index contributed by atoms with van der Waals surface area (Å²) in [5.74, 6) is -0.374. The number of hydrogen-bond donors (Lipinski definition) is 3. The summed E-state index contributed by atoms with van der Waals surface area (Å²) in [6, 6.07) is 12.3. The molecule has 132 valence electrons. The molecule has 2 amide bonds.